The van der Waals surface area contributed by atoms with Gasteiger partial charge in [0, 0.05) is 26.5 Å². The van der Waals surface area contributed by atoms with Crippen LogP contribution in [0.3, 0.4) is 0 Å². The van der Waals surface area contributed by atoms with Gasteiger partial charge >= 0.3 is 8.80 Å². The zero-order valence-corrected chi connectivity index (χ0v) is 9.37. The van der Waals surface area contributed by atoms with Gasteiger partial charge in [0.25, 0.3) is 0 Å². The molecule has 0 unspecified atom stereocenters. The summed E-state index contributed by atoms with van der Waals surface area (Å²) in [5.41, 5.74) is 0. The Hall–Kier alpha value is -0.423. The van der Waals surface area contributed by atoms with E-state index in [0.717, 1.165) is 18.0 Å². The molecule has 1 aliphatic carbocycles. The molecule has 0 aromatic carbocycles. The van der Waals surface area contributed by atoms with Crippen molar-refractivity contribution in [3.8, 4) is 0 Å². The predicted molar refractivity (Wildman–Crippen MR) is 53.2 cm³/mol. The third-order valence-corrected chi connectivity index (χ3v) is 4.85. The second-order valence-corrected chi connectivity index (χ2v) is 5.72. The Kier molecular flexibility index (Phi) is 3.86. The summed E-state index contributed by atoms with van der Waals surface area (Å²) < 4.78 is 16.1. The molecule has 1 rings (SSSR count). The molecule has 0 aromatic heterocycles. The lowest BCUT2D eigenvalue weighted by molar-refractivity contribution is 0.135. The van der Waals surface area contributed by atoms with E-state index in [9.17, 15) is 0 Å². The third-order valence-electron chi connectivity index (χ3n) is 2.15. The fourth-order valence-electron chi connectivity index (χ4n) is 1.44. The number of hydrogen-bond donors (Lipinski definition) is 0. The maximum atomic E-state index is 5.35. The summed E-state index contributed by atoms with van der Waals surface area (Å²) in [5, 5.41) is 1.06. The van der Waals surface area contributed by atoms with E-state index < -0.39 is 8.80 Å². The second kappa shape index (κ2) is 4.71. The summed E-state index contributed by atoms with van der Waals surface area (Å²) >= 11 is 0. The Morgan fingerprint density at radius 2 is 1.69 bits per heavy atom. The van der Waals surface area contributed by atoms with Crippen LogP contribution in [0.4, 0.5) is 0 Å². The van der Waals surface area contributed by atoms with E-state index in [2.05, 4.69) is 12.2 Å². The van der Waals surface area contributed by atoms with Gasteiger partial charge in [0.15, 0.2) is 0 Å². The third kappa shape index (κ3) is 2.08. The maximum absolute atomic E-state index is 5.35. The lowest BCUT2D eigenvalue weighted by Crippen LogP contribution is -2.45. The van der Waals surface area contributed by atoms with Crippen molar-refractivity contribution in [3.05, 3.63) is 23.4 Å². The first-order valence-electron chi connectivity index (χ1n) is 4.31. The van der Waals surface area contributed by atoms with Gasteiger partial charge in [-0.05, 0) is 12.8 Å². The van der Waals surface area contributed by atoms with Crippen LogP contribution in [0.25, 0.3) is 0 Å². The minimum absolute atomic E-state index is 1.04. The van der Waals surface area contributed by atoms with E-state index in [-0.39, 0.29) is 0 Å². The average Bonchev–Trinajstić information content (AvgIpc) is 2.23. The standard InChI is InChI=1S/C9H16O3Si/c1-10-13(11-2,12-3)9-7-5-4-6-8-9/h5,7-8H,4,6H2,1-3H3. The van der Waals surface area contributed by atoms with Crippen LogP contribution in [0.1, 0.15) is 12.8 Å². The van der Waals surface area contributed by atoms with Gasteiger partial charge in [0.1, 0.15) is 0 Å². The van der Waals surface area contributed by atoms with E-state index in [1.807, 2.05) is 6.08 Å². The minimum atomic E-state index is -2.54. The molecule has 0 radical (unpaired) electrons. The lowest BCUT2D eigenvalue weighted by atomic mass is 10.2. The van der Waals surface area contributed by atoms with Gasteiger partial charge in [-0.2, -0.15) is 0 Å². The van der Waals surface area contributed by atoms with E-state index >= 15 is 0 Å². The quantitative estimate of drug-likeness (QED) is 0.646. The van der Waals surface area contributed by atoms with E-state index in [0.29, 0.717) is 0 Å². The summed E-state index contributed by atoms with van der Waals surface area (Å²) in [6, 6.07) is 0. The fraction of sp³-hybridized carbons (Fsp3) is 0.556. The van der Waals surface area contributed by atoms with Crippen LogP contribution in [0.2, 0.25) is 0 Å². The maximum Gasteiger partial charge on any atom is 0.536 e. The summed E-state index contributed by atoms with van der Waals surface area (Å²) in [7, 11) is 2.34. The van der Waals surface area contributed by atoms with Gasteiger partial charge in [-0.1, -0.05) is 18.2 Å². The molecule has 0 heterocycles. The highest BCUT2D eigenvalue weighted by atomic mass is 28.4. The first-order valence-corrected chi connectivity index (χ1v) is 6.04. The van der Waals surface area contributed by atoms with Crippen molar-refractivity contribution in [1.29, 1.82) is 0 Å². The molecule has 0 aliphatic heterocycles. The molecule has 0 amide bonds. The number of allylic oxidation sites excluding steroid dienone is 4. The van der Waals surface area contributed by atoms with Crippen LogP contribution in [0, 0.1) is 0 Å². The highest BCUT2D eigenvalue weighted by Gasteiger charge is 2.41. The Morgan fingerprint density at radius 3 is 2.08 bits per heavy atom. The smallest absolute Gasteiger partial charge is 0.373 e. The molecule has 0 fully saturated rings. The molecule has 0 atom stereocenters. The zero-order valence-electron chi connectivity index (χ0n) is 8.37. The van der Waals surface area contributed by atoms with Crippen LogP contribution in [0.5, 0.6) is 0 Å². The lowest BCUT2D eigenvalue weighted by Gasteiger charge is -2.26. The molecule has 0 bridgehead atoms. The summed E-state index contributed by atoms with van der Waals surface area (Å²) in [6.45, 7) is 0. The first-order chi connectivity index (χ1) is 6.29. The highest BCUT2D eigenvalue weighted by Crippen LogP contribution is 2.22. The second-order valence-electron chi connectivity index (χ2n) is 2.81. The fourth-order valence-corrected chi connectivity index (χ4v) is 3.37. The van der Waals surface area contributed by atoms with Crippen LogP contribution < -0.4 is 0 Å². The van der Waals surface area contributed by atoms with Crippen molar-refractivity contribution >= 4 is 8.80 Å². The number of hydrogen-bond acceptors (Lipinski definition) is 3. The molecule has 0 spiro atoms. The molecular formula is C9H16O3Si. The molecule has 74 valence electrons. The van der Waals surface area contributed by atoms with Gasteiger partial charge in [-0.15, -0.1) is 0 Å². The van der Waals surface area contributed by atoms with Gasteiger partial charge in [0.2, 0.25) is 0 Å². The Bertz CT molecular complexity index is 211. The molecule has 0 saturated carbocycles. The van der Waals surface area contributed by atoms with Gasteiger partial charge in [0.05, 0.1) is 0 Å². The van der Waals surface area contributed by atoms with Crippen LogP contribution >= 0.6 is 0 Å². The molecular weight excluding hydrogens is 184 g/mol. The van der Waals surface area contributed by atoms with Gasteiger partial charge in [-0.3, -0.25) is 0 Å². The molecule has 1 aliphatic rings. The number of rotatable bonds is 4. The van der Waals surface area contributed by atoms with Crippen LogP contribution in [0.15, 0.2) is 23.4 Å². The monoisotopic (exact) mass is 200 g/mol. The van der Waals surface area contributed by atoms with E-state index in [1.54, 1.807) is 21.3 Å². The summed E-state index contributed by atoms with van der Waals surface area (Å²) in [6.07, 6.45) is 8.41. The van der Waals surface area contributed by atoms with Crippen LogP contribution in [-0.4, -0.2) is 30.1 Å². The first kappa shape index (κ1) is 10.7. The van der Waals surface area contributed by atoms with Gasteiger partial charge < -0.3 is 13.3 Å². The van der Waals surface area contributed by atoms with Crippen molar-refractivity contribution in [1.82, 2.24) is 0 Å². The molecule has 4 heteroatoms. The van der Waals surface area contributed by atoms with Crippen molar-refractivity contribution in [2.75, 3.05) is 21.3 Å². The molecule has 0 N–H and O–H groups in total. The SMILES string of the molecule is CO[Si](OC)(OC)C1=CCCC=C1. The minimum Gasteiger partial charge on any atom is -0.373 e. The van der Waals surface area contributed by atoms with Crippen molar-refractivity contribution in [2.45, 2.75) is 12.8 Å². The van der Waals surface area contributed by atoms with Crippen molar-refractivity contribution in [3.63, 3.8) is 0 Å². The molecule has 13 heavy (non-hydrogen) atoms. The molecule has 0 saturated heterocycles. The summed E-state index contributed by atoms with van der Waals surface area (Å²) in [5.74, 6) is 0. The van der Waals surface area contributed by atoms with Crippen molar-refractivity contribution in [2.24, 2.45) is 0 Å². The zero-order chi connectivity index (χ0) is 9.73. The molecule has 3 nitrogen and oxygen atoms in total. The average molecular weight is 200 g/mol. The van der Waals surface area contributed by atoms with Gasteiger partial charge in [-0.25, -0.2) is 0 Å². The van der Waals surface area contributed by atoms with E-state index in [4.69, 9.17) is 13.3 Å². The Morgan fingerprint density at radius 1 is 1.08 bits per heavy atom. The largest absolute Gasteiger partial charge is 0.536 e. The molecule has 0 aromatic rings. The van der Waals surface area contributed by atoms with Crippen molar-refractivity contribution < 1.29 is 13.3 Å². The normalized spacial score (nSPS) is 17.3. The predicted octanol–water partition coefficient (Wildman–Crippen LogP) is 1.68. The Balaban J connectivity index is 2.85. The summed E-state index contributed by atoms with van der Waals surface area (Å²) in [4.78, 5) is 0. The highest BCUT2D eigenvalue weighted by molar-refractivity contribution is 6.69. The van der Waals surface area contributed by atoms with Crippen LogP contribution in [-0.2, 0) is 13.3 Å². The van der Waals surface area contributed by atoms with E-state index in [1.165, 1.54) is 0 Å². The Labute approximate surface area is 80.4 Å². The topological polar surface area (TPSA) is 27.7 Å².